The summed E-state index contributed by atoms with van der Waals surface area (Å²) in [5.74, 6) is -1.14. The third-order valence-electron chi connectivity index (χ3n) is 2.34. The van der Waals surface area contributed by atoms with Crippen molar-refractivity contribution in [1.29, 1.82) is 0 Å². The first-order valence-corrected chi connectivity index (χ1v) is 6.02. The van der Waals surface area contributed by atoms with E-state index in [0.29, 0.717) is 19.7 Å². The molecule has 0 aliphatic carbocycles. The summed E-state index contributed by atoms with van der Waals surface area (Å²) in [5.41, 5.74) is -0.599. The number of rotatable bonds is 7. The summed E-state index contributed by atoms with van der Waals surface area (Å²) in [6.07, 6.45) is 1.30. The van der Waals surface area contributed by atoms with Crippen molar-refractivity contribution in [2.24, 2.45) is 0 Å². The predicted octanol–water partition coefficient (Wildman–Crippen LogP) is -0.299. The maximum absolute atomic E-state index is 11.6. The van der Waals surface area contributed by atoms with Gasteiger partial charge in [-0.15, -0.1) is 5.10 Å². The van der Waals surface area contributed by atoms with E-state index in [4.69, 9.17) is 9.84 Å². The molecular weight excluding hydrogens is 266 g/mol. The van der Waals surface area contributed by atoms with Crippen molar-refractivity contribution in [2.45, 2.75) is 25.9 Å². The number of urea groups is 1. The molecule has 1 aromatic heterocycles. The number of amides is 2. The molecule has 0 aliphatic rings. The lowest BCUT2D eigenvalue weighted by Gasteiger charge is -2.25. The third-order valence-corrected chi connectivity index (χ3v) is 2.34. The first kappa shape index (κ1) is 15.9. The number of hydrogen-bond acceptors (Lipinski definition) is 5. The Kier molecular flexibility index (Phi) is 5.44. The number of carboxylic acids is 1. The molecule has 3 N–H and O–H groups in total. The Morgan fingerprint density at radius 1 is 1.50 bits per heavy atom. The standard InChI is InChI=1S/C11H19N5O4/c1-11(2,7-20-3)13-10(19)12-4-5-16-6-8(9(17)18)14-15-16/h6H,4-5,7H2,1-3H3,(H,17,18)(H2,12,13,19). The Hall–Kier alpha value is -2.16. The smallest absolute Gasteiger partial charge is 0.358 e. The van der Waals surface area contributed by atoms with Gasteiger partial charge in [0, 0.05) is 13.7 Å². The number of nitrogens with one attached hydrogen (secondary N) is 2. The number of carbonyl (C=O) groups excluding carboxylic acids is 1. The first-order chi connectivity index (χ1) is 9.34. The van der Waals surface area contributed by atoms with Crippen LogP contribution in [0.5, 0.6) is 0 Å². The number of carbonyl (C=O) groups is 2. The summed E-state index contributed by atoms with van der Waals surface area (Å²) in [6.45, 7) is 4.71. The fourth-order valence-corrected chi connectivity index (χ4v) is 1.54. The zero-order valence-corrected chi connectivity index (χ0v) is 11.7. The van der Waals surface area contributed by atoms with Gasteiger partial charge < -0.3 is 20.5 Å². The van der Waals surface area contributed by atoms with E-state index in [-0.39, 0.29) is 11.7 Å². The molecule has 1 rings (SSSR count). The summed E-state index contributed by atoms with van der Waals surface area (Å²) in [5, 5.41) is 21.2. The van der Waals surface area contributed by atoms with Gasteiger partial charge in [-0.05, 0) is 13.8 Å². The lowest BCUT2D eigenvalue weighted by molar-refractivity contribution is 0.0690. The molecule has 9 heteroatoms. The maximum atomic E-state index is 11.6. The normalized spacial score (nSPS) is 11.2. The average molecular weight is 285 g/mol. The van der Waals surface area contributed by atoms with Gasteiger partial charge in [0.1, 0.15) is 0 Å². The molecule has 2 amide bonds. The highest BCUT2D eigenvalue weighted by Gasteiger charge is 2.19. The largest absolute Gasteiger partial charge is 0.476 e. The first-order valence-electron chi connectivity index (χ1n) is 6.02. The van der Waals surface area contributed by atoms with Gasteiger partial charge in [-0.25, -0.2) is 14.3 Å². The van der Waals surface area contributed by atoms with E-state index in [0.717, 1.165) is 0 Å². The van der Waals surface area contributed by atoms with Crippen LogP contribution in [0.25, 0.3) is 0 Å². The molecule has 0 unspecified atom stereocenters. The van der Waals surface area contributed by atoms with E-state index in [1.807, 2.05) is 13.8 Å². The number of aromatic carboxylic acids is 1. The molecule has 0 saturated heterocycles. The van der Waals surface area contributed by atoms with Gasteiger partial charge in [-0.1, -0.05) is 5.21 Å². The van der Waals surface area contributed by atoms with Crippen LogP contribution in [-0.4, -0.2) is 57.9 Å². The number of aromatic nitrogens is 3. The van der Waals surface area contributed by atoms with Gasteiger partial charge in [-0.2, -0.15) is 0 Å². The van der Waals surface area contributed by atoms with Gasteiger partial charge in [0.2, 0.25) is 0 Å². The van der Waals surface area contributed by atoms with Gasteiger partial charge in [0.25, 0.3) is 0 Å². The highest BCUT2D eigenvalue weighted by atomic mass is 16.5. The number of hydrogen-bond donors (Lipinski definition) is 3. The number of nitrogens with zero attached hydrogens (tertiary/aromatic N) is 3. The summed E-state index contributed by atoms with van der Waals surface area (Å²) in [7, 11) is 1.56. The maximum Gasteiger partial charge on any atom is 0.358 e. The van der Waals surface area contributed by atoms with Crippen LogP contribution in [0.1, 0.15) is 24.3 Å². The minimum Gasteiger partial charge on any atom is -0.476 e. The second kappa shape index (κ2) is 6.85. The molecule has 1 aromatic rings. The minimum atomic E-state index is -1.14. The molecule has 0 aromatic carbocycles. The van der Waals surface area contributed by atoms with E-state index >= 15 is 0 Å². The Balaban J connectivity index is 2.33. The molecule has 0 radical (unpaired) electrons. The third kappa shape index (κ3) is 5.22. The van der Waals surface area contributed by atoms with Crippen LogP contribution in [0, 0.1) is 0 Å². The zero-order chi connectivity index (χ0) is 15.2. The summed E-state index contributed by atoms with van der Waals surface area (Å²) < 4.78 is 6.34. The van der Waals surface area contributed by atoms with Crippen molar-refractivity contribution in [1.82, 2.24) is 25.6 Å². The summed E-state index contributed by atoms with van der Waals surface area (Å²) in [6, 6.07) is -0.328. The highest BCUT2D eigenvalue weighted by molar-refractivity contribution is 5.84. The molecule has 0 saturated carbocycles. The predicted molar refractivity (Wildman–Crippen MR) is 69.5 cm³/mol. The van der Waals surface area contributed by atoms with Crippen molar-refractivity contribution in [3.05, 3.63) is 11.9 Å². The second-order valence-corrected chi connectivity index (χ2v) is 4.87. The van der Waals surface area contributed by atoms with Crippen molar-refractivity contribution in [3.63, 3.8) is 0 Å². The van der Waals surface area contributed by atoms with Crippen LogP contribution in [0.3, 0.4) is 0 Å². The molecule has 0 bridgehead atoms. The van der Waals surface area contributed by atoms with Crippen molar-refractivity contribution in [3.8, 4) is 0 Å². The fraction of sp³-hybridized carbons (Fsp3) is 0.636. The van der Waals surface area contributed by atoms with E-state index in [9.17, 15) is 9.59 Å². The van der Waals surface area contributed by atoms with Gasteiger partial charge >= 0.3 is 12.0 Å². The molecule has 0 atom stereocenters. The van der Waals surface area contributed by atoms with Crippen LogP contribution in [0.15, 0.2) is 6.20 Å². The molecule has 0 aliphatic heterocycles. The Morgan fingerprint density at radius 2 is 2.20 bits per heavy atom. The summed E-state index contributed by atoms with van der Waals surface area (Å²) in [4.78, 5) is 22.2. The highest BCUT2D eigenvalue weighted by Crippen LogP contribution is 2.01. The van der Waals surface area contributed by atoms with Gasteiger partial charge in [0.15, 0.2) is 5.69 Å². The van der Waals surface area contributed by atoms with Gasteiger partial charge in [-0.3, -0.25) is 0 Å². The lowest BCUT2D eigenvalue weighted by Crippen LogP contribution is -2.51. The topological polar surface area (TPSA) is 118 Å². The van der Waals surface area contributed by atoms with Crippen LogP contribution < -0.4 is 10.6 Å². The lowest BCUT2D eigenvalue weighted by atomic mass is 10.1. The van der Waals surface area contributed by atoms with E-state index in [1.165, 1.54) is 10.9 Å². The van der Waals surface area contributed by atoms with Crippen molar-refractivity contribution < 1.29 is 19.4 Å². The molecule has 0 spiro atoms. The second-order valence-electron chi connectivity index (χ2n) is 4.87. The quantitative estimate of drug-likeness (QED) is 0.633. The molecule has 112 valence electrons. The van der Waals surface area contributed by atoms with Crippen molar-refractivity contribution >= 4 is 12.0 Å². The Labute approximate surface area is 116 Å². The van der Waals surface area contributed by atoms with E-state index in [1.54, 1.807) is 7.11 Å². The molecule has 9 nitrogen and oxygen atoms in total. The van der Waals surface area contributed by atoms with E-state index in [2.05, 4.69) is 20.9 Å². The minimum absolute atomic E-state index is 0.129. The van der Waals surface area contributed by atoms with Crippen molar-refractivity contribution in [2.75, 3.05) is 20.3 Å². The molecule has 0 fully saturated rings. The fourth-order valence-electron chi connectivity index (χ4n) is 1.54. The van der Waals surface area contributed by atoms with Crippen LogP contribution in [0.4, 0.5) is 4.79 Å². The Morgan fingerprint density at radius 3 is 2.75 bits per heavy atom. The zero-order valence-electron chi connectivity index (χ0n) is 11.7. The van der Waals surface area contributed by atoms with E-state index < -0.39 is 11.5 Å². The average Bonchev–Trinajstić information content (AvgIpc) is 2.76. The van der Waals surface area contributed by atoms with Crippen LogP contribution in [-0.2, 0) is 11.3 Å². The molecule has 1 heterocycles. The SMILES string of the molecule is COCC(C)(C)NC(=O)NCCn1cc(C(=O)O)nn1. The van der Waals surface area contributed by atoms with Crippen LogP contribution >= 0.6 is 0 Å². The number of carboxylic acid groups (broad SMARTS) is 1. The number of ether oxygens (including phenoxy) is 1. The van der Waals surface area contributed by atoms with Gasteiger partial charge in [0.05, 0.1) is 24.9 Å². The molecule has 20 heavy (non-hydrogen) atoms. The van der Waals surface area contributed by atoms with Crippen LogP contribution in [0.2, 0.25) is 0 Å². The number of methoxy groups -OCH3 is 1. The molecular formula is C11H19N5O4. The monoisotopic (exact) mass is 285 g/mol. The summed E-state index contributed by atoms with van der Waals surface area (Å²) >= 11 is 0. The Bertz CT molecular complexity index is 471.